The lowest BCUT2D eigenvalue weighted by Gasteiger charge is -2.08. The summed E-state index contributed by atoms with van der Waals surface area (Å²) >= 11 is 0. The summed E-state index contributed by atoms with van der Waals surface area (Å²) < 4.78 is 2.13. The van der Waals surface area contributed by atoms with Crippen molar-refractivity contribution in [3.8, 4) is 5.69 Å². The van der Waals surface area contributed by atoms with Crippen LogP contribution in [0.15, 0.2) is 61.2 Å². The Morgan fingerprint density at radius 2 is 1.84 bits per heavy atom. The number of hydrogen-bond acceptors (Lipinski definition) is 4. The first-order valence-electron chi connectivity index (χ1n) is 8.26. The van der Waals surface area contributed by atoms with E-state index < -0.39 is 0 Å². The van der Waals surface area contributed by atoms with Gasteiger partial charge >= 0.3 is 0 Å². The highest BCUT2D eigenvalue weighted by molar-refractivity contribution is 5.93. The van der Waals surface area contributed by atoms with E-state index in [0.29, 0.717) is 0 Å². The fraction of sp³-hybridized carbons (Fsp3) is 0.150. The van der Waals surface area contributed by atoms with E-state index >= 15 is 0 Å². The minimum Gasteiger partial charge on any atom is -0.365 e. The molecule has 0 atom stereocenters. The fourth-order valence-corrected chi connectivity index (χ4v) is 3.12. The van der Waals surface area contributed by atoms with E-state index in [4.69, 9.17) is 0 Å². The summed E-state index contributed by atoms with van der Waals surface area (Å²) in [5.74, 6) is 0.858. The lowest BCUT2D eigenvalue weighted by Crippen LogP contribution is -2.03. The van der Waals surface area contributed by atoms with Crippen LogP contribution < -0.4 is 5.32 Å². The average molecular weight is 329 g/mol. The minimum atomic E-state index is 0.726. The number of rotatable bonds is 4. The third-order valence-corrected chi connectivity index (χ3v) is 4.50. The molecule has 4 rings (SSSR count). The second kappa shape index (κ2) is 6.36. The summed E-state index contributed by atoms with van der Waals surface area (Å²) in [5.41, 5.74) is 5.44. The first kappa shape index (κ1) is 15.3. The van der Waals surface area contributed by atoms with Crippen molar-refractivity contribution in [3.63, 3.8) is 0 Å². The van der Waals surface area contributed by atoms with Crippen molar-refractivity contribution in [2.45, 2.75) is 20.4 Å². The minimum absolute atomic E-state index is 0.726. The van der Waals surface area contributed by atoms with E-state index in [0.717, 1.165) is 34.8 Å². The Labute approximate surface area is 146 Å². The predicted molar refractivity (Wildman–Crippen MR) is 99.9 cm³/mol. The number of nitrogens with zero attached hydrogens (tertiary/aromatic N) is 4. The van der Waals surface area contributed by atoms with Crippen LogP contribution in [0.1, 0.15) is 16.8 Å². The summed E-state index contributed by atoms with van der Waals surface area (Å²) in [5, 5.41) is 4.51. The molecule has 124 valence electrons. The van der Waals surface area contributed by atoms with Crippen molar-refractivity contribution in [1.29, 1.82) is 0 Å². The summed E-state index contributed by atoms with van der Waals surface area (Å²) in [4.78, 5) is 13.3. The van der Waals surface area contributed by atoms with E-state index in [-0.39, 0.29) is 0 Å². The van der Waals surface area contributed by atoms with E-state index in [1.165, 1.54) is 11.1 Å². The van der Waals surface area contributed by atoms with Crippen molar-refractivity contribution in [2.75, 3.05) is 5.32 Å². The zero-order valence-electron chi connectivity index (χ0n) is 14.3. The number of fused-ring (bicyclic) bond motifs is 1. The lowest BCUT2D eigenvalue weighted by molar-refractivity contribution is 1.000. The third kappa shape index (κ3) is 2.74. The summed E-state index contributed by atoms with van der Waals surface area (Å²) in [6.45, 7) is 4.94. The zero-order valence-corrected chi connectivity index (χ0v) is 14.3. The monoisotopic (exact) mass is 329 g/mol. The van der Waals surface area contributed by atoms with Gasteiger partial charge in [-0.05, 0) is 37.1 Å². The van der Waals surface area contributed by atoms with Crippen LogP contribution in [-0.4, -0.2) is 19.5 Å². The maximum Gasteiger partial charge on any atom is 0.150 e. The van der Waals surface area contributed by atoms with Crippen LogP contribution in [0.3, 0.4) is 0 Å². The molecular formula is C20H19N5. The molecule has 0 saturated heterocycles. The maximum atomic E-state index is 4.54. The molecule has 0 saturated carbocycles. The SMILES string of the molecule is Cc1c(C)n(-c2cccnc2)c2ncnc(NCc3ccccc3)c12. The molecule has 4 aromatic rings. The highest BCUT2D eigenvalue weighted by Crippen LogP contribution is 2.31. The zero-order chi connectivity index (χ0) is 17.2. The molecule has 0 unspecified atom stereocenters. The molecule has 1 aromatic carbocycles. The van der Waals surface area contributed by atoms with E-state index in [9.17, 15) is 0 Å². The molecule has 0 radical (unpaired) electrons. The van der Waals surface area contributed by atoms with Gasteiger partial charge in [0.1, 0.15) is 12.1 Å². The van der Waals surface area contributed by atoms with Crippen molar-refractivity contribution in [3.05, 3.63) is 78.0 Å². The molecule has 0 spiro atoms. The second-order valence-corrected chi connectivity index (χ2v) is 6.02. The Bertz CT molecular complexity index is 1010. The van der Waals surface area contributed by atoms with Gasteiger partial charge in [0.2, 0.25) is 0 Å². The van der Waals surface area contributed by atoms with Crippen molar-refractivity contribution < 1.29 is 0 Å². The van der Waals surface area contributed by atoms with Crippen LogP contribution in [-0.2, 0) is 6.54 Å². The van der Waals surface area contributed by atoms with Crippen LogP contribution in [0.4, 0.5) is 5.82 Å². The van der Waals surface area contributed by atoms with E-state index in [1.54, 1.807) is 12.5 Å². The van der Waals surface area contributed by atoms with Crippen LogP contribution in [0.2, 0.25) is 0 Å². The number of nitrogens with one attached hydrogen (secondary N) is 1. The summed E-state index contributed by atoms with van der Waals surface area (Å²) in [7, 11) is 0. The molecular weight excluding hydrogens is 310 g/mol. The molecule has 1 N–H and O–H groups in total. The van der Waals surface area contributed by atoms with Gasteiger partial charge < -0.3 is 5.32 Å². The highest BCUT2D eigenvalue weighted by Gasteiger charge is 2.17. The van der Waals surface area contributed by atoms with Gasteiger partial charge in [-0.15, -0.1) is 0 Å². The Balaban J connectivity index is 1.80. The first-order valence-corrected chi connectivity index (χ1v) is 8.26. The Kier molecular flexibility index (Phi) is 3.90. The fourth-order valence-electron chi connectivity index (χ4n) is 3.12. The van der Waals surface area contributed by atoms with Gasteiger partial charge in [-0.1, -0.05) is 30.3 Å². The molecule has 0 aliphatic rings. The Morgan fingerprint density at radius 1 is 1.00 bits per heavy atom. The largest absolute Gasteiger partial charge is 0.365 e. The number of benzene rings is 1. The van der Waals surface area contributed by atoms with Gasteiger partial charge in [0.05, 0.1) is 17.3 Å². The highest BCUT2D eigenvalue weighted by atomic mass is 15.1. The molecule has 0 fully saturated rings. The molecule has 5 heteroatoms. The third-order valence-electron chi connectivity index (χ3n) is 4.50. The maximum absolute atomic E-state index is 4.54. The first-order chi connectivity index (χ1) is 12.3. The number of aryl methyl sites for hydroxylation is 1. The van der Waals surface area contributed by atoms with E-state index in [2.05, 4.69) is 50.8 Å². The number of aromatic nitrogens is 4. The van der Waals surface area contributed by atoms with Crippen molar-refractivity contribution in [2.24, 2.45) is 0 Å². The topological polar surface area (TPSA) is 55.6 Å². The van der Waals surface area contributed by atoms with Gasteiger partial charge in [-0.3, -0.25) is 9.55 Å². The van der Waals surface area contributed by atoms with Gasteiger partial charge in [-0.25, -0.2) is 9.97 Å². The Hall–Kier alpha value is -3.21. The van der Waals surface area contributed by atoms with Crippen LogP contribution in [0, 0.1) is 13.8 Å². The molecule has 0 amide bonds. The molecule has 0 aliphatic heterocycles. The standard InChI is InChI=1S/C20H19N5/c1-14-15(2)25(17-9-6-10-21-12-17)20-18(14)19(23-13-24-20)22-11-16-7-4-3-5-8-16/h3-10,12-13H,11H2,1-2H3,(H,22,23,24). The normalized spacial score (nSPS) is 11.0. The average Bonchev–Trinajstić information content (AvgIpc) is 2.93. The summed E-state index contributed by atoms with van der Waals surface area (Å²) in [6.07, 6.45) is 5.24. The van der Waals surface area contributed by atoms with Gasteiger partial charge in [0, 0.05) is 18.4 Å². The second-order valence-electron chi connectivity index (χ2n) is 6.02. The molecule has 3 heterocycles. The van der Waals surface area contributed by atoms with Gasteiger partial charge in [0.25, 0.3) is 0 Å². The van der Waals surface area contributed by atoms with Gasteiger partial charge in [0.15, 0.2) is 5.65 Å². The number of hydrogen-bond donors (Lipinski definition) is 1. The summed E-state index contributed by atoms with van der Waals surface area (Å²) in [6, 6.07) is 14.3. The van der Waals surface area contributed by atoms with Crippen molar-refractivity contribution in [1.82, 2.24) is 19.5 Å². The molecule has 0 bridgehead atoms. The molecule has 0 aliphatic carbocycles. The smallest absolute Gasteiger partial charge is 0.150 e. The quantitative estimate of drug-likeness (QED) is 0.614. The number of pyridine rings is 1. The van der Waals surface area contributed by atoms with Crippen molar-refractivity contribution >= 4 is 16.9 Å². The lowest BCUT2D eigenvalue weighted by atomic mass is 10.2. The molecule has 5 nitrogen and oxygen atoms in total. The van der Waals surface area contributed by atoms with Gasteiger partial charge in [-0.2, -0.15) is 0 Å². The number of anilines is 1. The van der Waals surface area contributed by atoms with Crippen LogP contribution >= 0.6 is 0 Å². The van der Waals surface area contributed by atoms with E-state index in [1.807, 2.05) is 36.5 Å². The van der Waals surface area contributed by atoms with Crippen LogP contribution in [0.5, 0.6) is 0 Å². The van der Waals surface area contributed by atoms with Crippen LogP contribution in [0.25, 0.3) is 16.7 Å². The molecule has 3 aromatic heterocycles. The molecule has 25 heavy (non-hydrogen) atoms. The Morgan fingerprint density at radius 3 is 2.60 bits per heavy atom. The predicted octanol–water partition coefficient (Wildman–Crippen LogP) is 4.04.